The number of rotatable bonds is 15. The lowest BCUT2D eigenvalue weighted by Gasteiger charge is -2.27. The summed E-state index contributed by atoms with van der Waals surface area (Å²) in [6.07, 6.45) is 5.53. The van der Waals surface area contributed by atoms with Gasteiger partial charge in [-0.05, 0) is 85.3 Å². The summed E-state index contributed by atoms with van der Waals surface area (Å²) in [6, 6.07) is 52.2. The lowest BCUT2D eigenvalue weighted by Crippen LogP contribution is -2.33. The standard InChI is InChI=1S/C38H40O2P/c1-6-16-34(17-7-1)32-40-35-26-24-33(25-27-35)28-30-39-29-14-5-15-31-41(36-18-8-2-9-19-36,37-20-10-3-11-21-37)38-22-12-4-13-23-38/h1-4,6-13,16-27H,5,14-15,28-32H2/q+1. The summed E-state index contributed by atoms with van der Waals surface area (Å²) in [5.41, 5.74) is 2.46. The first kappa shape index (κ1) is 28.8. The van der Waals surface area contributed by atoms with E-state index < -0.39 is 7.26 Å². The molecule has 0 fully saturated rings. The molecule has 3 heteroatoms. The molecule has 0 atom stereocenters. The Balaban J connectivity index is 1.09. The molecule has 0 N–H and O–H groups in total. The van der Waals surface area contributed by atoms with Crippen LogP contribution < -0.4 is 20.7 Å². The number of ether oxygens (including phenoxy) is 2. The van der Waals surface area contributed by atoms with E-state index in [-0.39, 0.29) is 0 Å². The first-order valence-electron chi connectivity index (χ1n) is 14.7. The van der Waals surface area contributed by atoms with Crippen LogP contribution in [0.1, 0.15) is 30.4 Å². The Kier molecular flexibility index (Phi) is 10.8. The highest BCUT2D eigenvalue weighted by atomic mass is 31.2. The zero-order valence-electron chi connectivity index (χ0n) is 23.8. The van der Waals surface area contributed by atoms with Crippen molar-refractivity contribution in [1.82, 2.24) is 0 Å². The number of benzene rings is 5. The molecule has 2 nitrogen and oxygen atoms in total. The molecular weight excluding hydrogens is 519 g/mol. The van der Waals surface area contributed by atoms with E-state index in [1.807, 2.05) is 18.2 Å². The maximum absolute atomic E-state index is 6.04. The Morgan fingerprint density at radius 2 is 0.951 bits per heavy atom. The predicted molar refractivity (Wildman–Crippen MR) is 176 cm³/mol. The van der Waals surface area contributed by atoms with Crippen molar-refractivity contribution in [3.05, 3.63) is 157 Å². The Bertz CT molecular complexity index is 1310. The van der Waals surface area contributed by atoms with Gasteiger partial charge >= 0.3 is 0 Å². The Morgan fingerprint density at radius 1 is 0.439 bits per heavy atom. The minimum Gasteiger partial charge on any atom is -0.489 e. The van der Waals surface area contributed by atoms with Gasteiger partial charge in [0.15, 0.2) is 0 Å². The van der Waals surface area contributed by atoms with Crippen molar-refractivity contribution in [2.24, 2.45) is 0 Å². The second-order valence-electron chi connectivity index (χ2n) is 10.4. The molecule has 0 aromatic heterocycles. The molecule has 0 aliphatic carbocycles. The monoisotopic (exact) mass is 559 g/mol. The van der Waals surface area contributed by atoms with Gasteiger partial charge in [0, 0.05) is 6.61 Å². The van der Waals surface area contributed by atoms with Gasteiger partial charge in [-0.15, -0.1) is 0 Å². The molecule has 41 heavy (non-hydrogen) atoms. The van der Waals surface area contributed by atoms with Crippen LogP contribution in [0.25, 0.3) is 0 Å². The Morgan fingerprint density at radius 3 is 1.49 bits per heavy atom. The van der Waals surface area contributed by atoms with Crippen molar-refractivity contribution < 1.29 is 9.47 Å². The predicted octanol–water partition coefficient (Wildman–Crippen LogP) is 7.99. The van der Waals surface area contributed by atoms with E-state index >= 15 is 0 Å². The molecule has 0 bridgehead atoms. The van der Waals surface area contributed by atoms with Gasteiger partial charge in [0.05, 0.1) is 12.8 Å². The highest BCUT2D eigenvalue weighted by molar-refractivity contribution is 7.95. The summed E-state index contributed by atoms with van der Waals surface area (Å²) in [4.78, 5) is 0. The summed E-state index contributed by atoms with van der Waals surface area (Å²) in [6.45, 7) is 2.15. The van der Waals surface area contributed by atoms with Crippen LogP contribution in [0.5, 0.6) is 5.75 Å². The smallest absolute Gasteiger partial charge is 0.119 e. The molecule has 0 saturated carbocycles. The highest BCUT2D eigenvalue weighted by Gasteiger charge is 2.44. The third-order valence-corrected chi connectivity index (χ3v) is 12.1. The summed E-state index contributed by atoms with van der Waals surface area (Å²) < 4.78 is 11.9. The van der Waals surface area contributed by atoms with Gasteiger partial charge in [-0.1, -0.05) is 97.1 Å². The molecule has 0 spiro atoms. The molecule has 5 aromatic carbocycles. The Labute approximate surface area is 246 Å². The van der Waals surface area contributed by atoms with Gasteiger partial charge < -0.3 is 9.47 Å². The lowest BCUT2D eigenvalue weighted by atomic mass is 10.1. The highest BCUT2D eigenvalue weighted by Crippen LogP contribution is 2.55. The maximum Gasteiger partial charge on any atom is 0.119 e. The molecule has 5 rings (SSSR count). The maximum atomic E-state index is 6.04. The molecule has 208 valence electrons. The van der Waals surface area contributed by atoms with Crippen molar-refractivity contribution in [2.75, 3.05) is 19.4 Å². The van der Waals surface area contributed by atoms with E-state index in [1.165, 1.54) is 46.0 Å². The first-order valence-corrected chi connectivity index (χ1v) is 16.7. The van der Waals surface area contributed by atoms with Crippen molar-refractivity contribution in [3.63, 3.8) is 0 Å². The van der Waals surface area contributed by atoms with Gasteiger partial charge in [0.2, 0.25) is 0 Å². The lowest BCUT2D eigenvalue weighted by molar-refractivity contribution is 0.133. The van der Waals surface area contributed by atoms with Gasteiger partial charge in [-0.25, -0.2) is 0 Å². The fraction of sp³-hybridized carbons (Fsp3) is 0.211. The third-order valence-electron chi connectivity index (χ3n) is 7.58. The number of hydrogen-bond acceptors (Lipinski definition) is 2. The van der Waals surface area contributed by atoms with Crippen molar-refractivity contribution in [1.29, 1.82) is 0 Å². The van der Waals surface area contributed by atoms with Crippen LogP contribution in [-0.4, -0.2) is 19.4 Å². The zero-order chi connectivity index (χ0) is 28.0. The van der Waals surface area contributed by atoms with Crippen LogP contribution in [0.2, 0.25) is 0 Å². The van der Waals surface area contributed by atoms with E-state index in [0.29, 0.717) is 6.61 Å². The van der Waals surface area contributed by atoms with E-state index in [4.69, 9.17) is 9.47 Å². The average molecular weight is 560 g/mol. The minimum atomic E-state index is -1.73. The molecule has 0 heterocycles. The molecule has 0 radical (unpaired) electrons. The molecule has 0 unspecified atom stereocenters. The average Bonchev–Trinajstić information content (AvgIpc) is 3.05. The van der Waals surface area contributed by atoms with Crippen molar-refractivity contribution >= 4 is 23.2 Å². The van der Waals surface area contributed by atoms with Crippen LogP contribution >= 0.6 is 7.26 Å². The van der Waals surface area contributed by atoms with E-state index in [9.17, 15) is 0 Å². The number of unbranched alkanes of at least 4 members (excludes halogenated alkanes) is 2. The summed E-state index contributed by atoms with van der Waals surface area (Å²) in [7, 11) is -1.73. The van der Waals surface area contributed by atoms with Gasteiger partial charge in [-0.3, -0.25) is 0 Å². The molecule has 0 aliphatic heterocycles. The zero-order valence-corrected chi connectivity index (χ0v) is 24.7. The van der Waals surface area contributed by atoms with E-state index in [1.54, 1.807) is 0 Å². The van der Waals surface area contributed by atoms with Crippen LogP contribution in [0.3, 0.4) is 0 Å². The second kappa shape index (κ2) is 15.3. The van der Waals surface area contributed by atoms with Gasteiger partial charge in [-0.2, -0.15) is 0 Å². The third kappa shape index (κ3) is 7.94. The first-order chi connectivity index (χ1) is 20.3. The molecule has 0 aliphatic rings. The SMILES string of the molecule is c1ccc(COc2ccc(CCOCCCCC[P+](c3ccccc3)(c3ccccc3)c3ccccc3)cc2)cc1. The fourth-order valence-corrected chi connectivity index (χ4v) is 9.81. The van der Waals surface area contributed by atoms with Crippen LogP contribution in [0.4, 0.5) is 0 Å². The van der Waals surface area contributed by atoms with Crippen LogP contribution in [0, 0.1) is 0 Å². The van der Waals surface area contributed by atoms with Crippen LogP contribution in [0.15, 0.2) is 146 Å². The van der Waals surface area contributed by atoms with Crippen molar-refractivity contribution in [3.8, 4) is 5.75 Å². The van der Waals surface area contributed by atoms with Crippen LogP contribution in [-0.2, 0) is 17.8 Å². The normalized spacial score (nSPS) is 11.3. The largest absolute Gasteiger partial charge is 0.489 e. The number of hydrogen-bond donors (Lipinski definition) is 0. The summed E-state index contributed by atoms with van der Waals surface area (Å²) in [5.74, 6) is 0.902. The minimum absolute atomic E-state index is 0.592. The summed E-state index contributed by atoms with van der Waals surface area (Å²) in [5, 5.41) is 4.39. The van der Waals surface area contributed by atoms with E-state index in [0.717, 1.165) is 31.8 Å². The quantitative estimate of drug-likeness (QED) is 0.0956. The summed E-state index contributed by atoms with van der Waals surface area (Å²) >= 11 is 0. The molecular formula is C38H40O2P+. The topological polar surface area (TPSA) is 18.5 Å². The molecule has 0 amide bonds. The fourth-order valence-electron chi connectivity index (χ4n) is 5.40. The van der Waals surface area contributed by atoms with Crippen molar-refractivity contribution in [2.45, 2.75) is 32.3 Å². The molecule has 5 aromatic rings. The van der Waals surface area contributed by atoms with Gasteiger partial charge in [0.1, 0.15) is 35.5 Å². The van der Waals surface area contributed by atoms with Gasteiger partial charge in [0.25, 0.3) is 0 Å². The molecule has 0 saturated heterocycles. The second-order valence-corrected chi connectivity index (χ2v) is 14.0. The van der Waals surface area contributed by atoms with E-state index in [2.05, 4.69) is 127 Å². The Hall–Kier alpha value is -3.71.